The Morgan fingerprint density at radius 3 is 2.84 bits per heavy atom. The molecule has 1 aromatic carbocycles. The van der Waals surface area contributed by atoms with Crippen LogP contribution >= 0.6 is 0 Å². The van der Waals surface area contributed by atoms with Gasteiger partial charge in [-0.05, 0) is 23.8 Å². The molecule has 0 saturated carbocycles. The summed E-state index contributed by atoms with van der Waals surface area (Å²) in [5.41, 5.74) is 8.10. The van der Waals surface area contributed by atoms with Crippen LogP contribution in [0.15, 0.2) is 28.1 Å². The molecule has 0 radical (unpaired) electrons. The van der Waals surface area contributed by atoms with Crippen molar-refractivity contribution in [2.24, 2.45) is 5.10 Å². The van der Waals surface area contributed by atoms with Gasteiger partial charge in [0.15, 0.2) is 28.9 Å². The number of hydrogen-bond donors (Lipinski definition) is 7. The lowest BCUT2D eigenvalue weighted by molar-refractivity contribution is -0.0501. The number of anilines is 2. The summed E-state index contributed by atoms with van der Waals surface area (Å²) in [7, 11) is 1.41. The Bertz CT molecular complexity index is 1220. The molecule has 0 unspecified atom stereocenters. The van der Waals surface area contributed by atoms with E-state index in [1.807, 2.05) is 0 Å². The van der Waals surface area contributed by atoms with Crippen LogP contribution in [-0.4, -0.2) is 78.2 Å². The van der Waals surface area contributed by atoms with Gasteiger partial charge in [0, 0.05) is 0 Å². The average molecular weight is 447 g/mol. The number of nitrogen functional groups attached to an aromatic ring is 1. The van der Waals surface area contributed by atoms with Gasteiger partial charge in [0.1, 0.15) is 18.3 Å². The maximum absolute atomic E-state index is 12.3. The van der Waals surface area contributed by atoms with Gasteiger partial charge in [-0.15, -0.1) is 0 Å². The number of aromatic nitrogens is 4. The molecule has 1 aliphatic heterocycles. The lowest BCUT2D eigenvalue weighted by atomic mass is 10.1. The number of nitrogens with one attached hydrogen (secondary N) is 2. The standard InChI is InChI=1S/C18H21N7O7/c1-31-9-4-7(2-3-8(9)27)5-20-24-18-21-11-14(22-17(19)23-15(11)30)25(18)16-13(29)12(28)10(6-26)32-16/h2-5,10,12-13,16,26-29H,6H2,1H3,(H,21,24)(H3,19,22,23,30)/b20-5-/t10-,12-,13-,16-/m1/s1. The number of aromatic hydroxyl groups is 1. The van der Waals surface area contributed by atoms with Crippen LogP contribution in [0, 0.1) is 0 Å². The van der Waals surface area contributed by atoms with Crippen molar-refractivity contribution in [3.63, 3.8) is 0 Å². The number of H-pyrrole nitrogens is 1. The fraction of sp³-hybridized carbons (Fsp3) is 0.333. The lowest BCUT2D eigenvalue weighted by Gasteiger charge is -2.18. The number of methoxy groups -OCH3 is 1. The average Bonchev–Trinajstić information content (AvgIpc) is 3.26. The molecule has 3 heterocycles. The third kappa shape index (κ3) is 3.71. The highest BCUT2D eigenvalue weighted by Gasteiger charge is 2.45. The summed E-state index contributed by atoms with van der Waals surface area (Å²) < 4.78 is 11.8. The Hall–Kier alpha value is -3.72. The molecule has 32 heavy (non-hydrogen) atoms. The molecule has 14 nitrogen and oxygen atoms in total. The smallest absolute Gasteiger partial charge is 0.280 e. The summed E-state index contributed by atoms with van der Waals surface area (Å²) >= 11 is 0. The van der Waals surface area contributed by atoms with Crippen LogP contribution in [-0.2, 0) is 4.74 Å². The van der Waals surface area contributed by atoms with Crippen LogP contribution < -0.4 is 21.5 Å². The molecule has 4 rings (SSSR count). The molecule has 0 spiro atoms. The molecular formula is C18H21N7O7. The minimum absolute atomic E-state index is 0.0231. The monoisotopic (exact) mass is 447 g/mol. The van der Waals surface area contributed by atoms with Crippen LogP contribution in [0.1, 0.15) is 11.8 Å². The summed E-state index contributed by atoms with van der Waals surface area (Å²) in [6, 6.07) is 4.56. The molecule has 3 aromatic rings. The molecule has 1 saturated heterocycles. The number of aromatic amines is 1. The Kier molecular flexibility index (Phi) is 5.67. The number of imidazole rings is 1. The van der Waals surface area contributed by atoms with Gasteiger partial charge in [-0.25, -0.2) is 10.4 Å². The zero-order valence-electron chi connectivity index (χ0n) is 16.7. The summed E-state index contributed by atoms with van der Waals surface area (Å²) in [5, 5.41) is 43.7. The van der Waals surface area contributed by atoms with Crippen LogP contribution in [0.25, 0.3) is 11.2 Å². The normalized spacial score (nSPS) is 23.2. The van der Waals surface area contributed by atoms with E-state index in [1.165, 1.54) is 24.0 Å². The van der Waals surface area contributed by atoms with Gasteiger partial charge in [-0.2, -0.15) is 10.1 Å². The molecule has 2 aromatic heterocycles. The maximum atomic E-state index is 12.3. The maximum Gasteiger partial charge on any atom is 0.280 e. The predicted octanol–water partition coefficient (Wildman–Crippen LogP) is -1.53. The number of nitrogens with zero attached hydrogens (tertiary/aromatic N) is 4. The summed E-state index contributed by atoms with van der Waals surface area (Å²) in [4.78, 5) is 22.8. The van der Waals surface area contributed by atoms with E-state index in [4.69, 9.17) is 15.2 Å². The topological polar surface area (TPSA) is 213 Å². The fourth-order valence-corrected chi connectivity index (χ4v) is 3.35. The highest BCUT2D eigenvalue weighted by Crippen LogP contribution is 2.34. The number of aliphatic hydroxyl groups excluding tert-OH is 3. The largest absolute Gasteiger partial charge is 0.504 e. The number of fused-ring (bicyclic) bond motifs is 1. The number of rotatable bonds is 6. The van der Waals surface area contributed by atoms with E-state index in [9.17, 15) is 25.2 Å². The van der Waals surface area contributed by atoms with Crippen molar-refractivity contribution in [1.29, 1.82) is 0 Å². The number of hydrazone groups is 1. The van der Waals surface area contributed by atoms with Crippen molar-refractivity contribution in [2.75, 3.05) is 24.9 Å². The van der Waals surface area contributed by atoms with Crippen molar-refractivity contribution in [3.05, 3.63) is 34.1 Å². The second kappa shape index (κ2) is 8.43. The SMILES string of the molecule is COc1cc(/C=N\Nc2nc3c(=O)[nH]c(N)nc3n2[C@@H]2O[C@H](CO)[C@@H](O)[C@H]2O)ccc1O. The van der Waals surface area contributed by atoms with E-state index in [0.29, 0.717) is 5.56 Å². The van der Waals surface area contributed by atoms with Crippen LogP contribution in [0.2, 0.25) is 0 Å². The number of aliphatic hydroxyl groups is 3. The fourth-order valence-electron chi connectivity index (χ4n) is 3.35. The zero-order chi connectivity index (χ0) is 23.0. The van der Waals surface area contributed by atoms with Crippen molar-refractivity contribution in [1.82, 2.24) is 19.5 Å². The molecule has 0 amide bonds. The van der Waals surface area contributed by atoms with Crippen molar-refractivity contribution in [3.8, 4) is 11.5 Å². The molecular weight excluding hydrogens is 426 g/mol. The highest BCUT2D eigenvalue weighted by atomic mass is 16.6. The number of benzene rings is 1. The first-order valence-electron chi connectivity index (χ1n) is 9.40. The van der Waals surface area contributed by atoms with Crippen molar-refractivity contribution >= 4 is 29.3 Å². The molecule has 1 fully saturated rings. The van der Waals surface area contributed by atoms with Gasteiger partial charge in [-0.1, -0.05) is 0 Å². The number of nitrogens with two attached hydrogens (primary N) is 1. The molecule has 8 N–H and O–H groups in total. The van der Waals surface area contributed by atoms with Gasteiger partial charge in [0.2, 0.25) is 11.9 Å². The Morgan fingerprint density at radius 2 is 2.16 bits per heavy atom. The summed E-state index contributed by atoms with van der Waals surface area (Å²) in [6.07, 6.45) is -3.75. The third-order valence-electron chi connectivity index (χ3n) is 4.92. The van der Waals surface area contributed by atoms with E-state index in [1.54, 1.807) is 12.1 Å². The van der Waals surface area contributed by atoms with Gasteiger partial charge < -0.3 is 35.6 Å². The van der Waals surface area contributed by atoms with E-state index in [-0.39, 0.29) is 34.6 Å². The highest BCUT2D eigenvalue weighted by molar-refractivity contribution is 5.82. The quantitative estimate of drug-likeness (QED) is 0.170. The lowest BCUT2D eigenvalue weighted by Crippen LogP contribution is -2.33. The van der Waals surface area contributed by atoms with Crippen molar-refractivity contribution < 1.29 is 29.9 Å². The predicted molar refractivity (Wildman–Crippen MR) is 111 cm³/mol. The number of hydrogen-bond acceptors (Lipinski definition) is 12. The van der Waals surface area contributed by atoms with Crippen LogP contribution in [0.4, 0.5) is 11.9 Å². The van der Waals surface area contributed by atoms with E-state index < -0.39 is 36.7 Å². The molecule has 0 aliphatic carbocycles. The molecule has 4 atom stereocenters. The first-order valence-corrected chi connectivity index (χ1v) is 9.40. The Labute approximate surface area is 179 Å². The molecule has 0 bridgehead atoms. The minimum Gasteiger partial charge on any atom is -0.504 e. The van der Waals surface area contributed by atoms with Crippen LogP contribution in [0.3, 0.4) is 0 Å². The van der Waals surface area contributed by atoms with Crippen LogP contribution in [0.5, 0.6) is 11.5 Å². The van der Waals surface area contributed by atoms with Gasteiger partial charge in [-0.3, -0.25) is 14.3 Å². The summed E-state index contributed by atoms with van der Waals surface area (Å²) in [5.74, 6) is -0.0207. The van der Waals surface area contributed by atoms with Gasteiger partial charge >= 0.3 is 0 Å². The van der Waals surface area contributed by atoms with Crippen molar-refractivity contribution in [2.45, 2.75) is 24.5 Å². The van der Waals surface area contributed by atoms with E-state index in [0.717, 1.165) is 0 Å². The number of phenols is 1. The second-order valence-corrected chi connectivity index (χ2v) is 6.96. The molecule has 1 aliphatic rings. The molecule has 170 valence electrons. The zero-order valence-corrected chi connectivity index (χ0v) is 16.7. The summed E-state index contributed by atoms with van der Waals surface area (Å²) in [6.45, 7) is -0.541. The minimum atomic E-state index is -1.46. The first-order chi connectivity index (χ1) is 15.3. The third-order valence-corrected chi connectivity index (χ3v) is 4.92. The first kappa shape index (κ1) is 21.5. The Morgan fingerprint density at radius 1 is 1.38 bits per heavy atom. The van der Waals surface area contributed by atoms with Gasteiger partial charge in [0.25, 0.3) is 5.56 Å². The second-order valence-electron chi connectivity index (χ2n) is 6.96. The Balaban J connectivity index is 1.73. The van der Waals surface area contributed by atoms with Gasteiger partial charge in [0.05, 0.1) is 19.9 Å². The molecule has 14 heteroatoms. The van der Waals surface area contributed by atoms with E-state index in [2.05, 4.69) is 25.5 Å². The van der Waals surface area contributed by atoms with E-state index >= 15 is 0 Å². The number of ether oxygens (including phenoxy) is 2. The number of phenolic OH excluding ortho intramolecular Hbond substituents is 1.